The van der Waals surface area contributed by atoms with E-state index in [0.717, 1.165) is 10.2 Å². The third-order valence-corrected chi connectivity index (χ3v) is 3.45. The van der Waals surface area contributed by atoms with E-state index in [1.54, 1.807) is 35.1 Å². The van der Waals surface area contributed by atoms with E-state index >= 15 is 0 Å². The van der Waals surface area contributed by atoms with Crippen molar-refractivity contribution in [1.82, 2.24) is 15.1 Å². The molecule has 1 heterocycles. The van der Waals surface area contributed by atoms with Crippen LogP contribution in [-0.2, 0) is 13.6 Å². The van der Waals surface area contributed by atoms with Gasteiger partial charge in [0.05, 0.1) is 22.9 Å². The second kappa shape index (κ2) is 5.54. The first-order chi connectivity index (χ1) is 8.58. The highest BCUT2D eigenvalue weighted by molar-refractivity contribution is 9.10. The lowest BCUT2D eigenvalue weighted by Gasteiger charge is -2.06. The summed E-state index contributed by atoms with van der Waals surface area (Å²) in [6, 6.07) is 6.76. The van der Waals surface area contributed by atoms with Crippen LogP contribution in [0.1, 0.15) is 16.1 Å². The van der Waals surface area contributed by atoms with Gasteiger partial charge in [0.1, 0.15) is 0 Å². The average molecular weight is 329 g/mol. The molecule has 18 heavy (non-hydrogen) atoms. The highest BCUT2D eigenvalue weighted by Gasteiger charge is 2.09. The van der Waals surface area contributed by atoms with Crippen LogP contribution in [0.4, 0.5) is 0 Å². The summed E-state index contributed by atoms with van der Waals surface area (Å²) in [7, 11) is 1.83. The number of amides is 1. The molecule has 1 aromatic heterocycles. The van der Waals surface area contributed by atoms with Crippen molar-refractivity contribution in [2.24, 2.45) is 7.05 Å². The van der Waals surface area contributed by atoms with Crippen LogP contribution in [0.25, 0.3) is 0 Å². The van der Waals surface area contributed by atoms with E-state index in [4.69, 9.17) is 11.6 Å². The van der Waals surface area contributed by atoms with E-state index in [0.29, 0.717) is 17.1 Å². The number of nitrogens with one attached hydrogen (secondary N) is 1. The molecule has 0 bridgehead atoms. The summed E-state index contributed by atoms with van der Waals surface area (Å²) >= 11 is 9.15. The topological polar surface area (TPSA) is 46.9 Å². The molecule has 0 fully saturated rings. The zero-order chi connectivity index (χ0) is 13.1. The maximum atomic E-state index is 11.9. The number of benzene rings is 1. The van der Waals surface area contributed by atoms with Crippen LogP contribution in [0, 0.1) is 0 Å². The number of aromatic nitrogens is 2. The van der Waals surface area contributed by atoms with Gasteiger partial charge in [-0.2, -0.15) is 5.10 Å². The molecule has 0 saturated heterocycles. The molecule has 6 heteroatoms. The monoisotopic (exact) mass is 327 g/mol. The fraction of sp³-hybridized carbons (Fsp3) is 0.167. The molecule has 1 N–H and O–H groups in total. The van der Waals surface area contributed by atoms with Crippen molar-refractivity contribution < 1.29 is 4.79 Å². The van der Waals surface area contributed by atoms with Crippen LogP contribution in [0.2, 0.25) is 5.02 Å². The molecule has 1 amide bonds. The summed E-state index contributed by atoms with van der Waals surface area (Å²) in [5.74, 6) is -0.139. The zero-order valence-corrected chi connectivity index (χ0v) is 12.0. The number of aryl methyl sites for hydroxylation is 1. The van der Waals surface area contributed by atoms with Gasteiger partial charge in [-0.1, -0.05) is 11.6 Å². The molecule has 0 atom stereocenters. The highest BCUT2D eigenvalue weighted by Crippen LogP contribution is 2.15. The number of nitrogens with zero attached hydrogens (tertiary/aromatic N) is 2. The molecule has 0 aliphatic heterocycles. The van der Waals surface area contributed by atoms with Gasteiger partial charge in [-0.25, -0.2) is 0 Å². The Kier molecular flexibility index (Phi) is 4.04. The average Bonchev–Trinajstić information content (AvgIpc) is 2.67. The number of hydrogen-bond acceptors (Lipinski definition) is 2. The third-order valence-electron chi connectivity index (χ3n) is 2.53. The molecule has 0 unspecified atom stereocenters. The summed E-state index contributed by atoms with van der Waals surface area (Å²) < 4.78 is 2.59. The van der Waals surface area contributed by atoms with E-state index in [2.05, 4.69) is 26.3 Å². The van der Waals surface area contributed by atoms with E-state index in [1.807, 2.05) is 7.05 Å². The minimum atomic E-state index is -0.139. The van der Waals surface area contributed by atoms with Crippen LogP contribution in [0.15, 0.2) is 34.9 Å². The standard InChI is InChI=1S/C12H11BrClN3O/c1-17-11(10(13)6-16-17)7-15-12(18)8-2-4-9(14)5-3-8/h2-6H,7H2,1H3,(H,15,18). The van der Waals surface area contributed by atoms with Crippen molar-refractivity contribution in [2.45, 2.75) is 6.54 Å². The van der Waals surface area contributed by atoms with Crippen molar-refractivity contribution in [1.29, 1.82) is 0 Å². The van der Waals surface area contributed by atoms with E-state index in [1.165, 1.54) is 0 Å². The molecule has 4 nitrogen and oxygen atoms in total. The maximum Gasteiger partial charge on any atom is 0.251 e. The molecular formula is C12H11BrClN3O. The van der Waals surface area contributed by atoms with E-state index in [9.17, 15) is 4.79 Å². The first kappa shape index (κ1) is 13.1. The van der Waals surface area contributed by atoms with Gasteiger partial charge in [-0.15, -0.1) is 0 Å². The summed E-state index contributed by atoms with van der Waals surface area (Å²) in [6.45, 7) is 0.415. The fourth-order valence-corrected chi connectivity index (χ4v) is 2.12. The van der Waals surface area contributed by atoms with Gasteiger partial charge in [-0.05, 0) is 40.2 Å². The molecule has 2 aromatic rings. The van der Waals surface area contributed by atoms with E-state index in [-0.39, 0.29) is 5.91 Å². The first-order valence-electron chi connectivity index (χ1n) is 5.28. The number of halogens is 2. The van der Waals surface area contributed by atoms with Gasteiger partial charge in [0.2, 0.25) is 0 Å². The maximum absolute atomic E-state index is 11.9. The number of carbonyl (C=O) groups is 1. The predicted octanol–water partition coefficient (Wildman–Crippen LogP) is 2.77. The van der Waals surface area contributed by atoms with Crippen LogP contribution in [0.3, 0.4) is 0 Å². The number of carbonyl (C=O) groups excluding carboxylic acids is 1. The minimum absolute atomic E-state index is 0.139. The molecule has 2 rings (SSSR count). The minimum Gasteiger partial charge on any atom is -0.346 e. The highest BCUT2D eigenvalue weighted by atomic mass is 79.9. The third kappa shape index (κ3) is 2.91. The molecule has 1 aromatic carbocycles. The van der Waals surface area contributed by atoms with Gasteiger partial charge >= 0.3 is 0 Å². The van der Waals surface area contributed by atoms with Crippen molar-refractivity contribution in [3.05, 3.63) is 51.2 Å². The Morgan fingerprint density at radius 1 is 1.44 bits per heavy atom. The Morgan fingerprint density at radius 3 is 2.67 bits per heavy atom. The Morgan fingerprint density at radius 2 is 2.11 bits per heavy atom. The lowest BCUT2D eigenvalue weighted by molar-refractivity contribution is 0.0950. The van der Waals surface area contributed by atoms with Crippen LogP contribution in [0.5, 0.6) is 0 Å². The van der Waals surface area contributed by atoms with Gasteiger partial charge in [0, 0.05) is 17.6 Å². The smallest absolute Gasteiger partial charge is 0.251 e. The van der Waals surface area contributed by atoms with Crippen LogP contribution >= 0.6 is 27.5 Å². The van der Waals surface area contributed by atoms with Gasteiger partial charge in [0.15, 0.2) is 0 Å². The normalized spacial score (nSPS) is 10.4. The molecule has 0 saturated carbocycles. The quantitative estimate of drug-likeness (QED) is 0.942. The first-order valence-corrected chi connectivity index (χ1v) is 6.45. The van der Waals surface area contributed by atoms with Crippen molar-refractivity contribution in [3.63, 3.8) is 0 Å². The van der Waals surface area contributed by atoms with Crippen LogP contribution in [-0.4, -0.2) is 15.7 Å². The van der Waals surface area contributed by atoms with Crippen molar-refractivity contribution in [2.75, 3.05) is 0 Å². The summed E-state index contributed by atoms with van der Waals surface area (Å²) in [4.78, 5) is 11.9. The molecule has 0 aliphatic rings. The SMILES string of the molecule is Cn1ncc(Br)c1CNC(=O)c1ccc(Cl)cc1. The fourth-order valence-electron chi connectivity index (χ4n) is 1.50. The Hall–Kier alpha value is -1.33. The summed E-state index contributed by atoms with van der Waals surface area (Å²) in [5, 5.41) is 7.52. The Bertz CT molecular complexity index is 546. The largest absolute Gasteiger partial charge is 0.346 e. The second-order valence-corrected chi connectivity index (χ2v) is 5.04. The molecule has 0 radical (unpaired) electrons. The van der Waals surface area contributed by atoms with Gasteiger partial charge in [-0.3, -0.25) is 9.48 Å². The molecule has 0 spiro atoms. The van der Waals surface area contributed by atoms with E-state index < -0.39 is 0 Å². The lowest BCUT2D eigenvalue weighted by atomic mass is 10.2. The Labute approximate surface area is 118 Å². The molecule has 94 valence electrons. The number of hydrogen-bond donors (Lipinski definition) is 1. The van der Waals surface area contributed by atoms with Crippen LogP contribution < -0.4 is 5.32 Å². The van der Waals surface area contributed by atoms with Crippen molar-refractivity contribution in [3.8, 4) is 0 Å². The number of rotatable bonds is 3. The zero-order valence-electron chi connectivity index (χ0n) is 9.65. The second-order valence-electron chi connectivity index (χ2n) is 3.75. The summed E-state index contributed by atoms with van der Waals surface area (Å²) in [6.07, 6.45) is 1.70. The Balaban J connectivity index is 2.03. The lowest BCUT2D eigenvalue weighted by Crippen LogP contribution is -2.24. The molecule has 0 aliphatic carbocycles. The van der Waals surface area contributed by atoms with Gasteiger partial charge < -0.3 is 5.32 Å². The van der Waals surface area contributed by atoms with Gasteiger partial charge in [0.25, 0.3) is 5.91 Å². The molecular weight excluding hydrogens is 318 g/mol. The summed E-state index contributed by atoms with van der Waals surface area (Å²) in [5.41, 5.74) is 1.50. The predicted molar refractivity (Wildman–Crippen MR) is 73.5 cm³/mol. The van der Waals surface area contributed by atoms with Crippen molar-refractivity contribution >= 4 is 33.4 Å².